The van der Waals surface area contributed by atoms with Gasteiger partial charge in [0.25, 0.3) is 5.91 Å². The van der Waals surface area contributed by atoms with E-state index in [1.807, 2.05) is 0 Å². The van der Waals surface area contributed by atoms with Gasteiger partial charge < -0.3 is 14.6 Å². The molecule has 9 heteroatoms. The van der Waals surface area contributed by atoms with E-state index in [1.165, 1.54) is 22.9 Å². The zero-order valence-electron chi connectivity index (χ0n) is 16.5. The number of rotatable bonds is 6. The fourth-order valence-electron chi connectivity index (χ4n) is 3.41. The predicted octanol–water partition coefficient (Wildman–Crippen LogP) is 2.66. The standard InChI is InChI=1S/C20H22FN3O4S/c1-20(11-28-12-20)7-6-15-17(29(3,26)27)10-24(2)18(15)19(25)23-14-4-5-16(21)13(8-14)9-22/h4-5,8,10H,6-7,11-12H2,1-3H3,(H,23,25). The Morgan fingerprint density at radius 2 is 2.10 bits per heavy atom. The minimum absolute atomic E-state index is 0.0446. The molecule has 0 saturated carbocycles. The van der Waals surface area contributed by atoms with Gasteiger partial charge in [-0.25, -0.2) is 12.8 Å². The second-order valence-electron chi connectivity index (χ2n) is 7.77. The van der Waals surface area contributed by atoms with E-state index in [4.69, 9.17) is 10.00 Å². The van der Waals surface area contributed by atoms with Crippen molar-refractivity contribution in [2.75, 3.05) is 24.8 Å². The van der Waals surface area contributed by atoms with Crippen molar-refractivity contribution in [3.8, 4) is 6.07 Å². The van der Waals surface area contributed by atoms with E-state index in [-0.39, 0.29) is 27.3 Å². The Morgan fingerprint density at radius 1 is 1.41 bits per heavy atom. The molecule has 1 aromatic heterocycles. The summed E-state index contributed by atoms with van der Waals surface area (Å²) in [5.74, 6) is -1.21. The highest BCUT2D eigenvalue weighted by Crippen LogP contribution is 2.34. The van der Waals surface area contributed by atoms with Crippen LogP contribution in [0.25, 0.3) is 0 Å². The lowest BCUT2D eigenvalue weighted by molar-refractivity contribution is -0.105. The maximum Gasteiger partial charge on any atom is 0.272 e. The molecule has 2 aromatic rings. The highest BCUT2D eigenvalue weighted by molar-refractivity contribution is 7.90. The number of hydrogen-bond donors (Lipinski definition) is 1. The van der Waals surface area contributed by atoms with E-state index in [0.29, 0.717) is 31.6 Å². The van der Waals surface area contributed by atoms with E-state index in [2.05, 4.69) is 12.2 Å². The van der Waals surface area contributed by atoms with Gasteiger partial charge in [-0.15, -0.1) is 0 Å². The monoisotopic (exact) mass is 419 g/mol. The Hall–Kier alpha value is -2.70. The van der Waals surface area contributed by atoms with Gasteiger partial charge in [0.2, 0.25) is 0 Å². The highest BCUT2D eigenvalue weighted by Gasteiger charge is 2.34. The number of halogens is 1. The van der Waals surface area contributed by atoms with Crippen LogP contribution in [0.15, 0.2) is 29.3 Å². The summed E-state index contributed by atoms with van der Waals surface area (Å²) in [7, 11) is -1.94. The SMILES string of the molecule is Cn1cc(S(C)(=O)=O)c(CCC2(C)COC2)c1C(=O)Nc1ccc(F)c(C#N)c1. The molecule has 7 nitrogen and oxygen atoms in total. The van der Waals surface area contributed by atoms with Gasteiger partial charge in [-0.05, 0) is 31.0 Å². The number of amides is 1. The third-order valence-electron chi connectivity index (χ3n) is 5.09. The number of hydrogen-bond acceptors (Lipinski definition) is 5. The molecular weight excluding hydrogens is 397 g/mol. The lowest BCUT2D eigenvalue weighted by Crippen LogP contribution is -2.40. The first-order chi connectivity index (χ1) is 13.5. The molecule has 1 aliphatic rings. The summed E-state index contributed by atoms with van der Waals surface area (Å²) in [5.41, 5.74) is 0.683. The normalized spacial score (nSPS) is 15.4. The number of benzene rings is 1. The van der Waals surface area contributed by atoms with Crippen molar-refractivity contribution < 1.29 is 22.3 Å². The van der Waals surface area contributed by atoms with Gasteiger partial charge in [0.15, 0.2) is 9.84 Å². The molecule has 0 unspecified atom stereocenters. The second-order valence-corrected chi connectivity index (χ2v) is 9.75. The van der Waals surface area contributed by atoms with Crippen molar-refractivity contribution in [3.05, 3.63) is 47.0 Å². The highest BCUT2D eigenvalue weighted by atomic mass is 32.2. The Morgan fingerprint density at radius 3 is 2.66 bits per heavy atom. The summed E-state index contributed by atoms with van der Waals surface area (Å²) in [6.45, 7) is 3.26. The summed E-state index contributed by atoms with van der Waals surface area (Å²) in [6, 6.07) is 5.40. The van der Waals surface area contributed by atoms with Gasteiger partial charge in [-0.3, -0.25) is 4.79 Å². The lowest BCUT2D eigenvalue weighted by atomic mass is 9.82. The molecule has 0 spiro atoms. The van der Waals surface area contributed by atoms with Gasteiger partial charge >= 0.3 is 0 Å². The number of carbonyl (C=O) groups excluding carboxylic acids is 1. The third kappa shape index (κ3) is 4.33. The van der Waals surface area contributed by atoms with Crippen LogP contribution in [0.3, 0.4) is 0 Å². The molecule has 0 bridgehead atoms. The van der Waals surface area contributed by atoms with E-state index in [1.54, 1.807) is 13.1 Å². The number of sulfone groups is 1. The predicted molar refractivity (Wildman–Crippen MR) is 105 cm³/mol. The zero-order valence-corrected chi connectivity index (χ0v) is 17.3. The molecule has 1 fully saturated rings. The fourth-order valence-corrected chi connectivity index (χ4v) is 4.40. The van der Waals surface area contributed by atoms with Crippen LogP contribution in [0.1, 0.15) is 35.0 Å². The number of aromatic nitrogens is 1. The van der Waals surface area contributed by atoms with E-state index >= 15 is 0 Å². The van der Waals surface area contributed by atoms with Crippen molar-refractivity contribution in [1.82, 2.24) is 4.57 Å². The summed E-state index contributed by atoms with van der Waals surface area (Å²) in [6.07, 6.45) is 3.62. The number of nitrogens with zero attached hydrogens (tertiary/aromatic N) is 2. The summed E-state index contributed by atoms with van der Waals surface area (Å²) >= 11 is 0. The fraction of sp³-hybridized carbons (Fsp3) is 0.400. The Bertz CT molecular complexity index is 1110. The number of nitrogens with one attached hydrogen (secondary N) is 1. The van der Waals surface area contributed by atoms with Gasteiger partial charge in [0, 0.05) is 36.2 Å². The average molecular weight is 419 g/mol. The average Bonchev–Trinajstić information content (AvgIpc) is 2.96. The first-order valence-electron chi connectivity index (χ1n) is 9.01. The molecule has 154 valence electrons. The minimum Gasteiger partial charge on any atom is -0.380 e. The van der Waals surface area contributed by atoms with E-state index in [9.17, 15) is 17.6 Å². The molecule has 2 heterocycles. The molecule has 0 radical (unpaired) electrons. The number of carbonyl (C=O) groups is 1. The van der Waals surface area contributed by atoms with Gasteiger partial charge in [0.1, 0.15) is 17.6 Å². The summed E-state index contributed by atoms with van der Waals surface area (Å²) in [5, 5.41) is 11.6. The van der Waals surface area contributed by atoms with Crippen LogP contribution in [-0.4, -0.2) is 38.4 Å². The first-order valence-corrected chi connectivity index (χ1v) is 10.9. The number of aryl methyl sites for hydroxylation is 1. The van der Waals surface area contributed by atoms with Crippen LogP contribution in [0.2, 0.25) is 0 Å². The van der Waals surface area contributed by atoms with Crippen molar-refractivity contribution in [3.63, 3.8) is 0 Å². The largest absolute Gasteiger partial charge is 0.380 e. The molecule has 1 aliphatic heterocycles. The van der Waals surface area contributed by atoms with Gasteiger partial charge in [-0.2, -0.15) is 5.26 Å². The van der Waals surface area contributed by atoms with E-state index in [0.717, 1.165) is 12.3 Å². The first kappa shape index (κ1) is 21.0. The molecule has 1 N–H and O–H groups in total. The molecule has 29 heavy (non-hydrogen) atoms. The molecule has 3 rings (SSSR count). The van der Waals surface area contributed by atoms with Crippen LogP contribution in [-0.2, 0) is 28.0 Å². The molecule has 1 saturated heterocycles. The Balaban J connectivity index is 1.95. The van der Waals surface area contributed by atoms with Gasteiger partial charge in [0.05, 0.1) is 23.7 Å². The number of nitriles is 1. The Labute approximate surface area is 169 Å². The van der Waals surface area contributed by atoms with Crippen molar-refractivity contribution in [2.24, 2.45) is 12.5 Å². The van der Waals surface area contributed by atoms with Crippen LogP contribution < -0.4 is 5.32 Å². The maximum absolute atomic E-state index is 13.5. The quantitative estimate of drug-likeness (QED) is 0.776. The zero-order chi connectivity index (χ0) is 21.4. The van der Waals surface area contributed by atoms with Crippen LogP contribution >= 0.6 is 0 Å². The summed E-state index contributed by atoms with van der Waals surface area (Å²) in [4.78, 5) is 13.1. The van der Waals surface area contributed by atoms with Crippen molar-refractivity contribution >= 4 is 21.4 Å². The lowest BCUT2D eigenvalue weighted by Gasteiger charge is -2.38. The smallest absolute Gasteiger partial charge is 0.272 e. The van der Waals surface area contributed by atoms with Crippen molar-refractivity contribution in [1.29, 1.82) is 5.26 Å². The molecular formula is C20H22FN3O4S. The van der Waals surface area contributed by atoms with Crippen LogP contribution in [0.4, 0.5) is 10.1 Å². The maximum atomic E-state index is 13.5. The topological polar surface area (TPSA) is 101 Å². The summed E-state index contributed by atoms with van der Waals surface area (Å²) < 4.78 is 44.8. The van der Waals surface area contributed by atoms with Crippen LogP contribution in [0.5, 0.6) is 0 Å². The van der Waals surface area contributed by atoms with Crippen molar-refractivity contribution in [2.45, 2.75) is 24.7 Å². The Kier molecular flexibility index (Phi) is 5.52. The third-order valence-corrected chi connectivity index (χ3v) is 6.24. The van der Waals surface area contributed by atoms with Crippen LogP contribution in [0, 0.1) is 22.6 Å². The molecule has 0 aliphatic carbocycles. The molecule has 1 aromatic carbocycles. The number of anilines is 1. The van der Waals surface area contributed by atoms with Gasteiger partial charge in [-0.1, -0.05) is 6.92 Å². The molecule has 0 atom stereocenters. The minimum atomic E-state index is -3.54. The molecule has 1 amide bonds. The second kappa shape index (κ2) is 7.61. The van der Waals surface area contributed by atoms with E-state index < -0.39 is 21.6 Å². The number of ether oxygens (including phenoxy) is 1.